The number of thiazole rings is 1. The minimum atomic E-state index is -4.85. The molecule has 0 radical (unpaired) electrons. The van der Waals surface area contributed by atoms with Gasteiger partial charge in [-0.3, -0.25) is 9.69 Å². The Labute approximate surface area is 269 Å². The third kappa shape index (κ3) is 7.76. The minimum Gasteiger partial charge on any atom is -0.481 e. The van der Waals surface area contributed by atoms with E-state index in [1.165, 1.54) is 24.8 Å². The number of aliphatic carboxylic acids is 1. The number of alkyl halides is 5. The maximum atomic E-state index is 14.2. The second-order valence-electron chi connectivity index (χ2n) is 11.3. The summed E-state index contributed by atoms with van der Waals surface area (Å²) >= 11 is 13.8. The Hall–Kier alpha value is -2.44. The lowest BCUT2D eigenvalue weighted by molar-refractivity contribution is -0.151. The van der Waals surface area contributed by atoms with Gasteiger partial charge in [0.25, 0.3) is 5.92 Å². The molecular formula is C26H28Cl2F5N5O5S2. The number of nitrogens with one attached hydrogen (secondary N) is 1. The van der Waals surface area contributed by atoms with E-state index in [0.717, 1.165) is 24.3 Å². The van der Waals surface area contributed by atoms with Gasteiger partial charge in [0.1, 0.15) is 10.9 Å². The summed E-state index contributed by atoms with van der Waals surface area (Å²) in [5.74, 6) is -4.04. The lowest BCUT2D eigenvalue weighted by Crippen LogP contribution is -2.44. The predicted octanol–water partition coefficient (Wildman–Crippen LogP) is 6.67. The number of aromatic nitrogens is 3. The molecule has 4 rings (SSSR count). The van der Waals surface area contributed by atoms with Crippen LogP contribution >= 0.6 is 34.5 Å². The van der Waals surface area contributed by atoms with Crippen molar-refractivity contribution >= 4 is 50.5 Å². The first kappa shape index (κ1) is 35.4. The van der Waals surface area contributed by atoms with Gasteiger partial charge in [0, 0.05) is 31.0 Å². The topological polar surface area (TPSA) is 139 Å². The highest BCUT2D eigenvalue weighted by Crippen LogP contribution is 2.44. The lowest BCUT2D eigenvalue weighted by Gasteiger charge is -2.21. The van der Waals surface area contributed by atoms with Crippen molar-refractivity contribution in [2.24, 2.45) is 5.41 Å². The number of rotatable bonds is 11. The first-order chi connectivity index (χ1) is 20.6. The summed E-state index contributed by atoms with van der Waals surface area (Å²) in [4.78, 5) is 21.4. The highest BCUT2D eigenvalue weighted by atomic mass is 35.5. The van der Waals surface area contributed by atoms with Crippen LogP contribution in [0, 0.1) is 5.41 Å². The average Bonchev–Trinajstić information content (AvgIpc) is 3.60. The first-order valence-electron chi connectivity index (χ1n) is 13.4. The predicted molar refractivity (Wildman–Crippen MR) is 156 cm³/mol. The first-order valence-corrected chi connectivity index (χ1v) is 16.5. The quantitative estimate of drug-likeness (QED) is 0.208. The van der Waals surface area contributed by atoms with Gasteiger partial charge in [0.2, 0.25) is 21.7 Å². The van der Waals surface area contributed by atoms with Gasteiger partial charge in [-0.2, -0.15) is 22.9 Å². The molecule has 3 aromatic rings. The van der Waals surface area contributed by atoms with E-state index < -0.39 is 68.5 Å². The number of nitrogens with zero attached hydrogens (tertiary/aromatic N) is 4. The number of carboxylic acids is 1. The zero-order valence-electron chi connectivity index (χ0n) is 24.2. The molecule has 0 spiro atoms. The Morgan fingerprint density at radius 2 is 1.91 bits per heavy atom. The van der Waals surface area contributed by atoms with Crippen LogP contribution in [0.2, 0.25) is 10.0 Å². The third-order valence-electron chi connectivity index (χ3n) is 7.22. The molecule has 3 heterocycles. The molecule has 1 unspecified atom stereocenters. The van der Waals surface area contributed by atoms with Crippen molar-refractivity contribution in [3.63, 3.8) is 0 Å². The molecule has 2 atom stereocenters. The molecule has 10 nitrogen and oxygen atoms in total. The third-order valence-corrected chi connectivity index (χ3v) is 10.9. The number of carbonyl (C=O) groups is 1. The molecule has 1 aliphatic rings. The normalized spacial score (nSPS) is 18.4. The summed E-state index contributed by atoms with van der Waals surface area (Å²) in [5, 5.41) is 12.6. The van der Waals surface area contributed by atoms with E-state index in [1.54, 1.807) is 11.6 Å². The monoisotopic (exact) mass is 719 g/mol. The van der Waals surface area contributed by atoms with Crippen molar-refractivity contribution in [3.05, 3.63) is 33.8 Å². The van der Waals surface area contributed by atoms with Crippen LogP contribution in [-0.4, -0.2) is 70.2 Å². The maximum absolute atomic E-state index is 14.2. The summed E-state index contributed by atoms with van der Waals surface area (Å²) < 4.78 is 101. The number of carboxylic acid groups (broad SMARTS) is 1. The highest BCUT2D eigenvalue weighted by Gasteiger charge is 2.44. The van der Waals surface area contributed by atoms with Crippen molar-refractivity contribution in [1.82, 2.24) is 24.7 Å². The Balaban J connectivity index is 1.77. The van der Waals surface area contributed by atoms with Crippen LogP contribution in [0.1, 0.15) is 52.1 Å². The summed E-state index contributed by atoms with van der Waals surface area (Å²) in [7, 11) is -4.78. The molecule has 45 heavy (non-hydrogen) atoms. The van der Waals surface area contributed by atoms with Crippen molar-refractivity contribution in [2.75, 3.05) is 6.54 Å². The highest BCUT2D eigenvalue weighted by molar-refractivity contribution is 7.89. The van der Waals surface area contributed by atoms with Gasteiger partial charge < -0.3 is 9.63 Å². The zero-order valence-corrected chi connectivity index (χ0v) is 27.3. The van der Waals surface area contributed by atoms with E-state index in [-0.39, 0.29) is 57.3 Å². The van der Waals surface area contributed by atoms with Crippen LogP contribution in [0.25, 0.3) is 21.3 Å². The summed E-state index contributed by atoms with van der Waals surface area (Å²) in [6.07, 6.45) is -5.90. The van der Waals surface area contributed by atoms with Crippen molar-refractivity contribution in [1.29, 1.82) is 0 Å². The SMILES string of the molecule is CCC(NS(=O)(=O)c1ccc(-c2sc(-c3noc(CC(C)(C)C(=O)O)n3)nc2CN2CC(F)(F)C[C@@H]2C)c(Cl)c1Cl)C(F)(F)F. The van der Waals surface area contributed by atoms with Crippen molar-refractivity contribution < 1.29 is 44.8 Å². The molecule has 0 amide bonds. The fourth-order valence-corrected chi connectivity index (χ4v) is 7.92. The van der Waals surface area contributed by atoms with E-state index in [2.05, 4.69) is 15.1 Å². The fourth-order valence-electron chi connectivity index (χ4n) is 4.66. The molecule has 19 heteroatoms. The number of likely N-dealkylation sites (tertiary alicyclic amines) is 1. The van der Waals surface area contributed by atoms with Crippen LogP contribution < -0.4 is 4.72 Å². The van der Waals surface area contributed by atoms with Gasteiger partial charge in [0.05, 0.1) is 32.6 Å². The smallest absolute Gasteiger partial charge is 0.404 e. The number of benzene rings is 1. The molecule has 1 aliphatic heterocycles. The Bertz CT molecular complexity index is 1700. The number of hydrogen-bond donors (Lipinski definition) is 2. The molecular weight excluding hydrogens is 692 g/mol. The van der Waals surface area contributed by atoms with E-state index in [1.807, 2.05) is 0 Å². The van der Waals surface area contributed by atoms with Crippen LogP contribution in [0.3, 0.4) is 0 Å². The molecule has 1 aromatic carbocycles. The molecule has 0 bridgehead atoms. The number of hydrogen-bond acceptors (Lipinski definition) is 9. The minimum absolute atomic E-state index is 0.0101. The molecule has 0 saturated carbocycles. The molecule has 1 saturated heterocycles. The van der Waals surface area contributed by atoms with Gasteiger partial charge in [-0.25, -0.2) is 22.2 Å². The van der Waals surface area contributed by atoms with Gasteiger partial charge in [-0.1, -0.05) is 41.3 Å². The van der Waals surface area contributed by atoms with Crippen molar-refractivity contribution in [3.8, 4) is 21.3 Å². The standard InChI is InChI=1S/C26H28Cl2F5N5O5S2/c1-5-16(26(31,32)33)37-45(41,42)15-7-6-13(18(27)19(15)28)20-14(10-38-11-25(29,30)8-12(38)2)34-22(44-20)21-35-17(43-36-21)9-24(3,4)23(39)40/h6-7,12,16,37H,5,8-11H2,1-4H3,(H,39,40)/t12-,16?/m0/s1. The van der Waals surface area contributed by atoms with Crippen LogP contribution in [0.4, 0.5) is 22.0 Å². The maximum Gasteiger partial charge on any atom is 0.404 e. The van der Waals surface area contributed by atoms with Crippen molar-refractivity contribution in [2.45, 2.75) is 82.6 Å². The van der Waals surface area contributed by atoms with E-state index >= 15 is 0 Å². The van der Waals surface area contributed by atoms with Gasteiger partial charge >= 0.3 is 12.1 Å². The summed E-state index contributed by atoms with van der Waals surface area (Å²) in [6, 6.07) is -0.664. The van der Waals surface area contributed by atoms with E-state index in [4.69, 9.17) is 27.7 Å². The fraction of sp³-hybridized carbons (Fsp3) is 0.538. The number of sulfonamides is 1. The summed E-state index contributed by atoms with van der Waals surface area (Å²) in [6.45, 7) is 5.11. The molecule has 248 valence electrons. The molecule has 2 aromatic heterocycles. The second kappa shape index (κ2) is 12.6. The lowest BCUT2D eigenvalue weighted by atomic mass is 9.90. The zero-order chi connectivity index (χ0) is 33.7. The van der Waals surface area contributed by atoms with E-state index in [0.29, 0.717) is 0 Å². The van der Waals surface area contributed by atoms with E-state index in [9.17, 15) is 40.3 Å². The van der Waals surface area contributed by atoms with Gasteiger partial charge in [-0.05, 0) is 33.3 Å². The largest absolute Gasteiger partial charge is 0.481 e. The van der Waals surface area contributed by atoms with Crippen LogP contribution in [-0.2, 0) is 27.8 Å². The average molecular weight is 721 g/mol. The Morgan fingerprint density at radius 1 is 1.24 bits per heavy atom. The van der Waals surface area contributed by atoms with Gasteiger partial charge in [-0.15, -0.1) is 11.3 Å². The van der Waals surface area contributed by atoms with Crippen LogP contribution in [0.15, 0.2) is 21.6 Å². The van der Waals surface area contributed by atoms with Crippen LogP contribution in [0.5, 0.6) is 0 Å². The molecule has 2 N–H and O–H groups in total. The Morgan fingerprint density at radius 3 is 2.47 bits per heavy atom. The summed E-state index contributed by atoms with van der Waals surface area (Å²) in [5.41, 5.74) is -0.846. The number of halogens is 7. The molecule has 0 aliphatic carbocycles. The van der Waals surface area contributed by atoms with Gasteiger partial charge in [0.15, 0.2) is 5.01 Å². The molecule has 1 fully saturated rings. The Kier molecular flexibility index (Phi) is 9.94. The second-order valence-corrected chi connectivity index (χ2v) is 14.8.